The first-order chi connectivity index (χ1) is 10.7. The number of benzene rings is 1. The molecule has 2 N–H and O–H groups in total. The smallest absolute Gasteiger partial charge is 0.270 e. The first-order valence-corrected chi connectivity index (χ1v) is 7.35. The Bertz CT molecular complexity index is 729. The number of aryl methyl sites for hydroxylation is 1. The molecule has 1 heterocycles. The van der Waals surface area contributed by atoms with Crippen LogP contribution in [0.3, 0.4) is 0 Å². The van der Waals surface area contributed by atoms with E-state index in [1.165, 1.54) is 12.1 Å². The number of nitrogens with one attached hydrogen (secondary N) is 1. The molecule has 0 saturated carbocycles. The van der Waals surface area contributed by atoms with E-state index in [1.807, 2.05) is 32.0 Å². The van der Waals surface area contributed by atoms with Crippen molar-refractivity contribution in [3.8, 4) is 0 Å². The van der Waals surface area contributed by atoms with Crippen LogP contribution in [-0.4, -0.2) is 52.7 Å². The minimum atomic E-state index is -0.923. The summed E-state index contributed by atoms with van der Waals surface area (Å²) >= 11 is 0. The van der Waals surface area contributed by atoms with Crippen molar-refractivity contribution in [1.82, 2.24) is 9.88 Å². The molecule has 0 fully saturated rings. The van der Waals surface area contributed by atoms with Crippen LogP contribution >= 0.6 is 0 Å². The summed E-state index contributed by atoms with van der Waals surface area (Å²) in [5, 5.41) is 25.3. The number of likely N-dealkylation sites (N-methyl/N-ethyl adjacent to an activating group) is 1. The van der Waals surface area contributed by atoms with Crippen molar-refractivity contribution in [3.63, 3.8) is 0 Å². The second-order valence-corrected chi connectivity index (χ2v) is 6.36. The quantitative estimate of drug-likeness (QED) is 0.626. The van der Waals surface area contributed by atoms with Gasteiger partial charge in [-0.3, -0.25) is 15.1 Å². The van der Waals surface area contributed by atoms with Gasteiger partial charge in [0.1, 0.15) is 0 Å². The predicted molar refractivity (Wildman–Crippen MR) is 90.8 cm³/mol. The van der Waals surface area contributed by atoms with Gasteiger partial charge >= 0.3 is 0 Å². The molecule has 0 aliphatic rings. The molecule has 7 nitrogen and oxygen atoms in total. The molecule has 23 heavy (non-hydrogen) atoms. The van der Waals surface area contributed by atoms with Crippen LogP contribution in [0.2, 0.25) is 0 Å². The van der Waals surface area contributed by atoms with E-state index in [0.717, 1.165) is 11.4 Å². The molecule has 1 unspecified atom stereocenters. The molecular weight excluding hydrogens is 296 g/mol. The number of hydrogen-bond donors (Lipinski definition) is 2. The number of aliphatic hydroxyl groups is 1. The van der Waals surface area contributed by atoms with Crippen molar-refractivity contribution in [3.05, 3.63) is 40.1 Å². The second-order valence-electron chi connectivity index (χ2n) is 6.36. The molecule has 7 heteroatoms. The number of non-ortho nitro benzene ring substituents is 1. The molecule has 124 valence electrons. The Labute approximate surface area is 135 Å². The van der Waals surface area contributed by atoms with E-state index < -0.39 is 10.5 Å². The molecule has 0 amide bonds. The standard InChI is InChI=1S/C16H22N4O3/c1-11-7-15(17-9-16(2,21)10-19(3)4)13-8-12(20(22)23)5-6-14(13)18-11/h5-8,21H,9-10H2,1-4H3,(H,17,18). The number of anilines is 1. The third kappa shape index (κ3) is 4.37. The zero-order chi connectivity index (χ0) is 17.2. The summed E-state index contributed by atoms with van der Waals surface area (Å²) in [7, 11) is 3.79. The Balaban J connectivity index is 2.35. The second kappa shape index (κ2) is 6.47. The van der Waals surface area contributed by atoms with Gasteiger partial charge in [-0.1, -0.05) is 0 Å². The Kier molecular flexibility index (Phi) is 4.82. The van der Waals surface area contributed by atoms with Crippen LogP contribution in [0.5, 0.6) is 0 Å². The maximum atomic E-state index is 11.0. The van der Waals surface area contributed by atoms with Gasteiger partial charge in [0.15, 0.2) is 0 Å². The highest BCUT2D eigenvalue weighted by atomic mass is 16.6. The van der Waals surface area contributed by atoms with Crippen molar-refractivity contribution >= 4 is 22.3 Å². The Hall–Kier alpha value is -2.25. The normalized spacial score (nSPS) is 14.0. The lowest BCUT2D eigenvalue weighted by molar-refractivity contribution is -0.384. The number of hydrogen-bond acceptors (Lipinski definition) is 6. The molecular formula is C16H22N4O3. The summed E-state index contributed by atoms with van der Waals surface area (Å²) < 4.78 is 0. The summed E-state index contributed by atoms with van der Waals surface area (Å²) in [5.41, 5.74) is 1.32. The van der Waals surface area contributed by atoms with Crippen molar-refractivity contribution in [2.75, 3.05) is 32.5 Å². The zero-order valence-corrected chi connectivity index (χ0v) is 13.8. The van der Waals surface area contributed by atoms with E-state index in [2.05, 4.69) is 10.3 Å². The van der Waals surface area contributed by atoms with Crippen LogP contribution in [-0.2, 0) is 0 Å². The van der Waals surface area contributed by atoms with Crippen LogP contribution < -0.4 is 5.32 Å². The Morgan fingerprint density at radius 2 is 2.09 bits per heavy atom. The van der Waals surface area contributed by atoms with Gasteiger partial charge in [-0.15, -0.1) is 0 Å². The number of nitrogens with zero attached hydrogens (tertiary/aromatic N) is 3. The number of nitro groups is 1. The van der Waals surface area contributed by atoms with Crippen LogP contribution in [0.15, 0.2) is 24.3 Å². The molecule has 0 saturated heterocycles. The van der Waals surface area contributed by atoms with Crippen molar-refractivity contribution in [2.24, 2.45) is 0 Å². The minimum absolute atomic E-state index is 0.0197. The van der Waals surface area contributed by atoms with E-state index in [0.29, 0.717) is 24.0 Å². The minimum Gasteiger partial charge on any atom is -0.387 e. The fourth-order valence-electron chi connectivity index (χ4n) is 2.63. The van der Waals surface area contributed by atoms with E-state index in [-0.39, 0.29) is 5.69 Å². The van der Waals surface area contributed by atoms with Crippen molar-refractivity contribution < 1.29 is 10.0 Å². The average molecular weight is 318 g/mol. The lowest BCUT2D eigenvalue weighted by Gasteiger charge is -2.27. The lowest BCUT2D eigenvalue weighted by atomic mass is 10.1. The summed E-state index contributed by atoms with van der Waals surface area (Å²) in [4.78, 5) is 16.9. The third-order valence-electron chi connectivity index (χ3n) is 3.45. The van der Waals surface area contributed by atoms with Gasteiger partial charge in [-0.05, 0) is 40.1 Å². The lowest BCUT2D eigenvalue weighted by Crippen LogP contribution is -2.43. The summed E-state index contributed by atoms with van der Waals surface area (Å²) in [6.07, 6.45) is 0. The monoisotopic (exact) mass is 318 g/mol. The number of nitro benzene ring substituents is 1. The van der Waals surface area contributed by atoms with E-state index >= 15 is 0 Å². The van der Waals surface area contributed by atoms with Crippen LogP contribution in [0, 0.1) is 17.0 Å². The molecule has 1 aromatic heterocycles. The zero-order valence-electron chi connectivity index (χ0n) is 13.8. The maximum Gasteiger partial charge on any atom is 0.270 e. The van der Waals surface area contributed by atoms with E-state index in [9.17, 15) is 15.2 Å². The molecule has 0 bridgehead atoms. The highest BCUT2D eigenvalue weighted by molar-refractivity contribution is 5.93. The fraction of sp³-hybridized carbons (Fsp3) is 0.438. The average Bonchev–Trinajstić information content (AvgIpc) is 2.42. The largest absolute Gasteiger partial charge is 0.387 e. The highest BCUT2D eigenvalue weighted by Crippen LogP contribution is 2.27. The van der Waals surface area contributed by atoms with E-state index in [1.54, 1.807) is 13.0 Å². The van der Waals surface area contributed by atoms with Crippen LogP contribution in [0.4, 0.5) is 11.4 Å². The fourth-order valence-corrected chi connectivity index (χ4v) is 2.63. The molecule has 0 radical (unpaired) electrons. The summed E-state index contributed by atoms with van der Waals surface area (Å²) in [6.45, 7) is 4.44. The molecule has 1 aromatic carbocycles. The summed E-state index contributed by atoms with van der Waals surface area (Å²) in [6, 6.07) is 6.42. The molecule has 0 aliphatic heterocycles. The molecule has 2 aromatic rings. The van der Waals surface area contributed by atoms with E-state index in [4.69, 9.17) is 0 Å². The molecule has 2 rings (SSSR count). The van der Waals surface area contributed by atoms with Gasteiger partial charge in [-0.2, -0.15) is 0 Å². The Morgan fingerprint density at radius 3 is 2.70 bits per heavy atom. The van der Waals surface area contributed by atoms with Gasteiger partial charge < -0.3 is 15.3 Å². The number of aromatic nitrogens is 1. The van der Waals surface area contributed by atoms with Gasteiger partial charge in [0.25, 0.3) is 5.69 Å². The maximum absolute atomic E-state index is 11.0. The number of fused-ring (bicyclic) bond motifs is 1. The topological polar surface area (TPSA) is 91.5 Å². The van der Waals surface area contributed by atoms with Gasteiger partial charge in [-0.25, -0.2) is 0 Å². The highest BCUT2D eigenvalue weighted by Gasteiger charge is 2.21. The van der Waals surface area contributed by atoms with Crippen molar-refractivity contribution in [1.29, 1.82) is 0 Å². The number of pyridine rings is 1. The van der Waals surface area contributed by atoms with Gasteiger partial charge in [0, 0.05) is 42.0 Å². The number of rotatable bonds is 6. The van der Waals surface area contributed by atoms with Gasteiger partial charge in [0.2, 0.25) is 0 Å². The Morgan fingerprint density at radius 1 is 1.39 bits per heavy atom. The van der Waals surface area contributed by atoms with Crippen LogP contribution in [0.1, 0.15) is 12.6 Å². The molecule has 1 atom stereocenters. The van der Waals surface area contributed by atoms with Crippen molar-refractivity contribution in [2.45, 2.75) is 19.4 Å². The van der Waals surface area contributed by atoms with Gasteiger partial charge in [0.05, 0.1) is 16.0 Å². The van der Waals surface area contributed by atoms with Crippen LogP contribution in [0.25, 0.3) is 10.9 Å². The SMILES string of the molecule is Cc1cc(NCC(C)(O)CN(C)C)c2cc([N+](=O)[O-])ccc2n1. The molecule has 0 spiro atoms. The summed E-state index contributed by atoms with van der Waals surface area (Å²) in [5.74, 6) is 0. The first-order valence-electron chi connectivity index (χ1n) is 7.35. The third-order valence-corrected chi connectivity index (χ3v) is 3.45. The molecule has 0 aliphatic carbocycles. The predicted octanol–water partition coefficient (Wildman–Crippen LogP) is 2.18. The first kappa shape index (κ1) is 17.1.